The summed E-state index contributed by atoms with van der Waals surface area (Å²) in [4.78, 5) is 4.70. The lowest BCUT2D eigenvalue weighted by Crippen LogP contribution is -1.93. The Hall–Kier alpha value is -0.580. The summed E-state index contributed by atoms with van der Waals surface area (Å²) in [6.07, 6.45) is 9.15. The van der Waals surface area contributed by atoms with Gasteiger partial charge < -0.3 is 0 Å². The van der Waals surface area contributed by atoms with E-state index in [1.54, 1.807) is 0 Å². The van der Waals surface area contributed by atoms with Gasteiger partial charge in [0.05, 0.1) is 33.9 Å². The third-order valence-electron chi connectivity index (χ3n) is 3.32. The van der Waals surface area contributed by atoms with E-state index in [0.717, 1.165) is 11.9 Å². The van der Waals surface area contributed by atoms with Crippen LogP contribution in [0.3, 0.4) is 0 Å². The van der Waals surface area contributed by atoms with Gasteiger partial charge in [-0.05, 0) is 18.6 Å². The van der Waals surface area contributed by atoms with E-state index in [1.807, 2.05) is 0 Å². The van der Waals surface area contributed by atoms with Crippen LogP contribution in [0.25, 0.3) is 11.0 Å². The van der Waals surface area contributed by atoms with Gasteiger partial charge in [0.15, 0.2) is 0 Å². The highest BCUT2D eigenvalue weighted by Gasteiger charge is 2.07. The Morgan fingerprint density at radius 3 is 2.56 bits per heavy atom. The molecule has 98 valence electrons. The highest BCUT2D eigenvalue weighted by Crippen LogP contribution is 2.20. The Labute approximate surface area is 123 Å². The van der Waals surface area contributed by atoms with Crippen LogP contribution < -0.4 is 0 Å². The number of fused-ring (bicyclic) bond motifs is 1. The van der Waals surface area contributed by atoms with E-state index >= 15 is 0 Å². The molecule has 0 spiro atoms. The predicted octanol–water partition coefficient (Wildman–Crippen LogP) is 5.14. The molecule has 0 aliphatic carbocycles. The molecule has 0 bridgehead atoms. The predicted molar refractivity (Wildman–Crippen MR) is 86.2 cm³/mol. The molecule has 18 heavy (non-hydrogen) atoms. The van der Waals surface area contributed by atoms with Crippen LogP contribution in [0.15, 0.2) is 24.3 Å². The van der Waals surface area contributed by atoms with Gasteiger partial charge in [-0.3, -0.25) is 2.78 Å². The summed E-state index contributed by atoms with van der Waals surface area (Å²) in [6.45, 7) is 2.26. The largest absolute Gasteiger partial charge is 0.268 e. The molecule has 0 atom stereocenters. The molecule has 1 aromatic carbocycles. The van der Waals surface area contributed by atoms with Crippen LogP contribution in [0, 0.1) is 0 Å². The van der Waals surface area contributed by atoms with Crippen molar-refractivity contribution in [3.8, 4) is 0 Å². The SMILES string of the molecule is CCCCCCCCc1nc2ccccc2n1I. The van der Waals surface area contributed by atoms with Crippen LogP contribution in [0.5, 0.6) is 0 Å². The lowest BCUT2D eigenvalue weighted by molar-refractivity contribution is 0.602. The molecular formula is C15H21IN2. The van der Waals surface area contributed by atoms with Crippen molar-refractivity contribution in [3.05, 3.63) is 30.1 Å². The zero-order chi connectivity index (χ0) is 12.8. The zero-order valence-electron chi connectivity index (χ0n) is 11.0. The fraction of sp³-hybridized carbons (Fsp3) is 0.533. The van der Waals surface area contributed by atoms with E-state index < -0.39 is 0 Å². The molecule has 0 radical (unpaired) electrons. The van der Waals surface area contributed by atoms with Gasteiger partial charge in [0, 0.05) is 6.42 Å². The maximum atomic E-state index is 4.70. The number of benzene rings is 1. The molecule has 1 heterocycles. The summed E-state index contributed by atoms with van der Waals surface area (Å²) >= 11 is 2.36. The van der Waals surface area contributed by atoms with Crippen molar-refractivity contribution in [1.82, 2.24) is 7.76 Å². The Balaban J connectivity index is 1.86. The summed E-state index contributed by atoms with van der Waals surface area (Å²) in [5, 5.41) is 0. The topological polar surface area (TPSA) is 17.8 Å². The van der Waals surface area contributed by atoms with E-state index in [4.69, 9.17) is 4.98 Å². The molecule has 0 aliphatic rings. The first-order valence-electron chi connectivity index (χ1n) is 6.95. The fourth-order valence-electron chi connectivity index (χ4n) is 2.26. The lowest BCUT2D eigenvalue weighted by atomic mass is 10.1. The molecule has 0 saturated carbocycles. The Bertz CT molecular complexity index is 490. The number of hydrogen-bond acceptors (Lipinski definition) is 1. The van der Waals surface area contributed by atoms with Gasteiger partial charge in [-0.25, -0.2) is 4.98 Å². The van der Waals surface area contributed by atoms with Crippen molar-refractivity contribution in [2.45, 2.75) is 51.9 Å². The van der Waals surface area contributed by atoms with Gasteiger partial charge in [0.25, 0.3) is 0 Å². The van der Waals surface area contributed by atoms with Crippen LogP contribution in [-0.2, 0) is 6.42 Å². The van der Waals surface area contributed by atoms with Crippen molar-refractivity contribution in [1.29, 1.82) is 0 Å². The molecule has 2 nitrogen and oxygen atoms in total. The maximum absolute atomic E-state index is 4.70. The Morgan fingerprint density at radius 1 is 1.06 bits per heavy atom. The average Bonchev–Trinajstić information content (AvgIpc) is 2.71. The van der Waals surface area contributed by atoms with Crippen molar-refractivity contribution < 1.29 is 0 Å². The second-order valence-electron chi connectivity index (χ2n) is 4.82. The van der Waals surface area contributed by atoms with Gasteiger partial charge >= 0.3 is 0 Å². The molecule has 1 aromatic heterocycles. The number of hydrogen-bond donors (Lipinski definition) is 0. The third kappa shape index (κ3) is 3.46. The van der Waals surface area contributed by atoms with Gasteiger partial charge in [-0.15, -0.1) is 0 Å². The summed E-state index contributed by atoms with van der Waals surface area (Å²) in [6, 6.07) is 8.36. The normalized spacial score (nSPS) is 11.2. The number of aromatic nitrogens is 2. The number of aryl methyl sites for hydroxylation is 1. The van der Waals surface area contributed by atoms with E-state index in [1.165, 1.54) is 49.9 Å². The summed E-state index contributed by atoms with van der Waals surface area (Å²) < 4.78 is 2.21. The van der Waals surface area contributed by atoms with E-state index in [-0.39, 0.29) is 0 Å². The molecule has 0 fully saturated rings. The third-order valence-corrected chi connectivity index (χ3v) is 4.40. The van der Waals surface area contributed by atoms with Crippen molar-refractivity contribution in [2.75, 3.05) is 0 Å². The summed E-state index contributed by atoms with van der Waals surface area (Å²) in [7, 11) is 0. The van der Waals surface area contributed by atoms with Gasteiger partial charge in [0.2, 0.25) is 0 Å². The number of para-hydroxylation sites is 2. The van der Waals surface area contributed by atoms with Crippen LogP contribution in [0.1, 0.15) is 51.3 Å². The minimum atomic E-state index is 1.10. The summed E-state index contributed by atoms with van der Waals surface area (Å²) in [5.74, 6) is 1.22. The standard InChI is InChI=1S/C15H21IN2/c1-2-3-4-5-6-7-12-15-17-13-10-8-9-11-14(13)18(15)16/h8-11H,2-7,12H2,1H3. The first kappa shape index (κ1) is 13.8. The highest BCUT2D eigenvalue weighted by molar-refractivity contribution is 14.1. The minimum absolute atomic E-state index is 1.10. The number of imidazole rings is 1. The monoisotopic (exact) mass is 356 g/mol. The van der Waals surface area contributed by atoms with Gasteiger partial charge in [-0.1, -0.05) is 51.2 Å². The van der Waals surface area contributed by atoms with Crippen molar-refractivity contribution in [2.24, 2.45) is 0 Å². The van der Waals surface area contributed by atoms with Crippen LogP contribution in [-0.4, -0.2) is 7.76 Å². The van der Waals surface area contributed by atoms with Crippen LogP contribution >= 0.6 is 22.9 Å². The van der Waals surface area contributed by atoms with Crippen molar-refractivity contribution >= 4 is 33.9 Å². The number of halogens is 1. The minimum Gasteiger partial charge on any atom is -0.268 e. The molecule has 0 aliphatic heterocycles. The quantitative estimate of drug-likeness (QED) is 0.496. The second kappa shape index (κ2) is 7.12. The van der Waals surface area contributed by atoms with E-state index in [2.05, 4.69) is 56.8 Å². The molecule has 3 heteroatoms. The van der Waals surface area contributed by atoms with E-state index in [9.17, 15) is 0 Å². The first-order chi connectivity index (χ1) is 8.83. The molecule has 0 N–H and O–H groups in total. The summed E-state index contributed by atoms with van der Waals surface area (Å²) in [5.41, 5.74) is 2.35. The fourth-order valence-corrected chi connectivity index (χ4v) is 3.02. The molecule has 2 aromatic rings. The van der Waals surface area contributed by atoms with Crippen molar-refractivity contribution in [3.63, 3.8) is 0 Å². The van der Waals surface area contributed by atoms with Crippen LogP contribution in [0.4, 0.5) is 0 Å². The maximum Gasteiger partial charge on any atom is 0.118 e. The molecular weight excluding hydrogens is 335 g/mol. The zero-order valence-corrected chi connectivity index (χ0v) is 13.2. The number of rotatable bonds is 7. The van der Waals surface area contributed by atoms with E-state index in [0.29, 0.717) is 0 Å². The Morgan fingerprint density at radius 2 is 1.78 bits per heavy atom. The Kier molecular flexibility index (Phi) is 5.47. The molecule has 0 amide bonds. The first-order valence-corrected chi connectivity index (χ1v) is 7.92. The van der Waals surface area contributed by atoms with Crippen LogP contribution in [0.2, 0.25) is 0 Å². The highest BCUT2D eigenvalue weighted by atomic mass is 127. The van der Waals surface area contributed by atoms with Gasteiger partial charge in [0.1, 0.15) is 5.82 Å². The molecule has 2 rings (SSSR count). The second-order valence-corrected chi connectivity index (χ2v) is 5.78. The average molecular weight is 356 g/mol. The molecule has 0 saturated heterocycles. The molecule has 0 unspecified atom stereocenters. The van der Waals surface area contributed by atoms with Gasteiger partial charge in [-0.2, -0.15) is 0 Å². The number of unbranched alkanes of at least 4 members (excludes halogenated alkanes) is 5. The number of nitrogens with zero attached hydrogens (tertiary/aromatic N) is 2. The smallest absolute Gasteiger partial charge is 0.118 e. The lowest BCUT2D eigenvalue weighted by Gasteiger charge is -2.01.